The molecule has 2 unspecified atom stereocenters. The first-order valence-electron chi connectivity index (χ1n) is 11.3. The second-order valence-electron chi connectivity index (χ2n) is 10.5. The molecule has 3 saturated carbocycles. The molecule has 3 fully saturated rings. The number of amides is 1. The zero-order valence-electron chi connectivity index (χ0n) is 18.1. The van der Waals surface area contributed by atoms with Crippen molar-refractivity contribution in [2.45, 2.75) is 58.1 Å². The summed E-state index contributed by atoms with van der Waals surface area (Å²) in [6.07, 6.45) is 11.0. The van der Waals surface area contributed by atoms with Crippen LogP contribution in [-0.2, 0) is 4.79 Å². The molecule has 0 aromatic heterocycles. The second kappa shape index (κ2) is 6.97. The van der Waals surface area contributed by atoms with Crippen molar-refractivity contribution in [3.05, 3.63) is 52.6 Å². The number of likely N-dealkylation sites (N-methyl/N-ethyl adjacent to an activating group) is 1. The lowest BCUT2D eigenvalue weighted by Gasteiger charge is -2.59. The van der Waals surface area contributed by atoms with Gasteiger partial charge in [-0.3, -0.25) is 4.79 Å². The minimum Gasteiger partial charge on any atom is -0.388 e. The molecular weight excluding hydrogens is 394 g/mol. The van der Waals surface area contributed by atoms with E-state index in [-0.39, 0.29) is 16.7 Å². The van der Waals surface area contributed by atoms with Crippen LogP contribution in [0, 0.1) is 28.6 Å². The first-order chi connectivity index (χ1) is 14.3. The molecule has 1 amide bonds. The van der Waals surface area contributed by atoms with Crippen LogP contribution in [0.25, 0.3) is 6.08 Å². The van der Waals surface area contributed by atoms with Gasteiger partial charge in [-0.1, -0.05) is 55.8 Å². The lowest BCUT2D eigenvalue weighted by atomic mass is 9.48. The fourth-order valence-corrected chi connectivity index (χ4v) is 7.72. The molecule has 0 radical (unpaired) electrons. The predicted octanol–water partition coefficient (Wildman–Crippen LogP) is 5.33. The fourth-order valence-electron chi connectivity index (χ4n) is 7.53. The molecule has 0 saturated heterocycles. The highest BCUT2D eigenvalue weighted by Gasteiger charge is 2.61. The fraction of sp³-hybridized carbons (Fsp3) is 0.577. The minimum absolute atomic E-state index is 0.0348. The second-order valence-corrected chi connectivity index (χ2v) is 10.9. The van der Waals surface area contributed by atoms with Crippen LogP contribution in [0.1, 0.15) is 51.5 Å². The maximum absolute atomic E-state index is 12.3. The molecule has 5 rings (SSSR count). The summed E-state index contributed by atoms with van der Waals surface area (Å²) >= 11 is 6.40. The summed E-state index contributed by atoms with van der Waals surface area (Å²) in [4.78, 5) is 14.2. The van der Waals surface area contributed by atoms with Crippen LogP contribution in [0.4, 0.5) is 0 Å². The van der Waals surface area contributed by atoms with Crippen LogP contribution in [0.5, 0.6) is 0 Å². The topological polar surface area (TPSA) is 40.5 Å². The Morgan fingerprint density at radius 2 is 1.93 bits per heavy atom. The van der Waals surface area contributed by atoms with Gasteiger partial charge in [-0.25, -0.2) is 0 Å². The average molecular weight is 426 g/mol. The van der Waals surface area contributed by atoms with E-state index in [9.17, 15) is 9.90 Å². The molecule has 3 nitrogen and oxygen atoms in total. The molecule has 1 aromatic rings. The summed E-state index contributed by atoms with van der Waals surface area (Å²) in [7, 11) is 1.96. The third-order valence-corrected chi connectivity index (χ3v) is 9.59. The largest absolute Gasteiger partial charge is 0.388 e. The lowest BCUT2D eigenvalue weighted by Crippen LogP contribution is -2.59. The monoisotopic (exact) mass is 425 g/mol. The minimum atomic E-state index is -0.406. The Hall–Kier alpha value is -1.58. The van der Waals surface area contributed by atoms with Crippen LogP contribution in [0.15, 0.2) is 42.0 Å². The number of aliphatic hydroxyl groups is 1. The van der Waals surface area contributed by atoms with E-state index in [1.807, 2.05) is 36.2 Å². The van der Waals surface area contributed by atoms with E-state index in [0.29, 0.717) is 23.8 Å². The number of aliphatic hydroxyl groups excluding tert-OH is 1. The van der Waals surface area contributed by atoms with Crippen molar-refractivity contribution in [1.29, 1.82) is 0 Å². The van der Waals surface area contributed by atoms with E-state index >= 15 is 0 Å². The first kappa shape index (κ1) is 20.3. The number of carbonyl (C=O) groups is 1. The van der Waals surface area contributed by atoms with Crippen LogP contribution < -0.4 is 0 Å². The highest BCUT2D eigenvalue weighted by Crippen LogP contribution is 2.65. The van der Waals surface area contributed by atoms with Gasteiger partial charge in [0, 0.05) is 28.9 Å². The van der Waals surface area contributed by atoms with E-state index < -0.39 is 6.10 Å². The van der Waals surface area contributed by atoms with E-state index in [1.165, 1.54) is 0 Å². The molecule has 0 spiro atoms. The number of benzene rings is 1. The number of fused-ring (bicyclic) bond motifs is 5. The molecule has 160 valence electrons. The Balaban J connectivity index is 1.49. The molecule has 7 atom stereocenters. The normalized spacial score (nSPS) is 44.0. The molecule has 0 bridgehead atoms. The van der Waals surface area contributed by atoms with Crippen LogP contribution in [0.3, 0.4) is 0 Å². The van der Waals surface area contributed by atoms with Crippen molar-refractivity contribution < 1.29 is 9.90 Å². The van der Waals surface area contributed by atoms with Gasteiger partial charge in [0.25, 0.3) is 0 Å². The van der Waals surface area contributed by atoms with Gasteiger partial charge in [-0.15, -0.1) is 0 Å². The van der Waals surface area contributed by atoms with Crippen molar-refractivity contribution >= 4 is 23.6 Å². The molecule has 1 heterocycles. The maximum Gasteiger partial charge on any atom is 0.246 e. The van der Waals surface area contributed by atoms with Crippen LogP contribution >= 0.6 is 11.6 Å². The van der Waals surface area contributed by atoms with Gasteiger partial charge < -0.3 is 10.0 Å². The number of halogens is 1. The summed E-state index contributed by atoms with van der Waals surface area (Å²) in [5, 5.41) is 12.1. The Labute approximate surface area is 184 Å². The van der Waals surface area contributed by atoms with Gasteiger partial charge in [-0.05, 0) is 73.1 Å². The quantitative estimate of drug-likeness (QED) is 0.660. The van der Waals surface area contributed by atoms with E-state index in [0.717, 1.165) is 48.3 Å². The smallest absolute Gasteiger partial charge is 0.246 e. The molecular formula is C26H32ClNO2. The molecule has 1 N–H and O–H groups in total. The summed E-state index contributed by atoms with van der Waals surface area (Å²) in [5.74, 6) is 1.77. The van der Waals surface area contributed by atoms with Gasteiger partial charge in [0.15, 0.2) is 0 Å². The van der Waals surface area contributed by atoms with Crippen molar-refractivity contribution in [2.75, 3.05) is 7.05 Å². The van der Waals surface area contributed by atoms with Crippen molar-refractivity contribution in [1.82, 2.24) is 4.90 Å². The summed E-state index contributed by atoms with van der Waals surface area (Å²) in [6.45, 7) is 4.66. The summed E-state index contributed by atoms with van der Waals surface area (Å²) < 4.78 is 0. The number of hydrogen-bond donors (Lipinski definition) is 1. The van der Waals surface area contributed by atoms with Crippen LogP contribution in [0.2, 0.25) is 5.02 Å². The Bertz CT molecular complexity index is 939. The number of carbonyl (C=O) groups excluding carboxylic acids is 1. The molecule has 1 aromatic carbocycles. The highest BCUT2D eigenvalue weighted by atomic mass is 35.5. The molecule has 1 aliphatic heterocycles. The maximum atomic E-state index is 12.3. The molecule has 4 aliphatic rings. The van der Waals surface area contributed by atoms with Crippen LogP contribution in [-0.4, -0.2) is 35.1 Å². The van der Waals surface area contributed by atoms with Gasteiger partial charge in [0.05, 0.1) is 6.10 Å². The van der Waals surface area contributed by atoms with Crippen molar-refractivity contribution in [3.63, 3.8) is 0 Å². The Morgan fingerprint density at radius 1 is 1.17 bits per heavy atom. The predicted molar refractivity (Wildman–Crippen MR) is 121 cm³/mol. The molecule has 3 aliphatic carbocycles. The van der Waals surface area contributed by atoms with Crippen molar-refractivity contribution in [3.8, 4) is 0 Å². The Kier molecular flexibility index (Phi) is 4.72. The standard InChI is InChI=1S/C26H32ClNO2/c1-25-13-11-23(29)28(3)22(25)9-8-18-19(25)10-12-26(2)20(18)15-17(24(26)30)14-16-6-4-5-7-21(16)27/h4-7,11,13-14,18-20,22,24,30H,8-10,12,15H2,1-3H3/t18-,19-,20+,22?,24?,25-,26+/m1/s1. The first-order valence-corrected chi connectivity index (χ1v) is 11.7. The third-order valence-electron chi connectivity index (χ3n) is 9.24. The SMILES string of the molecule is CN1C(=O)C=C[C@@]2(C)C1CC[C@@H]1[C@H]2CC[C@]2(C)C(O)C(=Cc3ccccc3Cl)C[C@@H]12. The third kappa shape index (κ3) is 2.78. The zero-order valence-corrected chi connectivity index (χ0v) is 18.9. The van der Waals surface area contributed by atoms with E-state index in [1.54, 1.807) is 6.08 Å². The van der Waals surface area contributed by atoms with Gasteiger partial charge in [0.1, 0.15) is 0 Å². The Morgan fingerprint density at radius 3 is 2.70 bits per heavy atom. The number of hydrogen-bond acceptors (Lipinski definition) is 2. The summed E-state index contributed by atoms with van der Waals surface area (Å²) in [6, 6.07) is 8.18. The van der Waals surface area contributed by atoms with Gasteiger partial charge in [0.2, 0.25) is 5.91 Å². The van der Waals surface area contributed by atoms with Gasteiger partial charge in [-0.2, -0.15) is 0 Å². The van der Waals surface area contributed by atoms with Gasteiger partial charge >= 0.3 is 0 Å². The number of nitrogens with zero attached hydrogens (tertiary/aromatic N) is 1. The molecule has 4 heteroatoms. The van der Waals surface area contributed by atoms with E-state index in [2.05, 4.69) is 26.0 Å². The summed E-state index contributed by atoms with van der Waals surface area (Å²) in [5.41, 5.74) is 2.10. The van der Waals surface area contributed by atoms with E-state index in [4.69, 9.17) is 11.6 Å². The number of rotatable bonds is 1. The average Bonchev–Trinajstić information content (AvgIpc) is 2.98. The van der Waals surface area contributed by atoms with Crippen molar-refractivity contribution in [2.24, 2.45) is 28.6 Å². The zero-order chi connectivity index (χ0) is 21.3. The molecule has 30 heavy (non-hydrogen) atoms. The lowest BCUT2D eigenvalue weighted by molar-refractivity contribution is -0.140. The highest BCUT2D eigenvalue weighted by molar-refractivity contribution is 6.32.